The van der Waals surface area contributed by atoms with Crippen LogP contribution in [0.4, 0.5) is 11.4 Å². The first-order valence-corrected chi connectivity index (χ1v) is 7.32. The number of benzene rings is 1. The molecule has 3 N–H and O–H groups in total. The summed E-state index contributed by atoms with van der Waals surface area (Å²) in [6.45, 7) is 7.24. The zero-order valence-electron chi connectivity index (χ0n) is 12.2. The molecule has 1 aliphatic rings. The van der Waals surface area contributed by atoms with Crippen molar-refractivity contribution in [2.45, 2.75) is 45.2 Å². The molecule has 5 heteroatoms. The molecule has 0 saturated carbocycles. The predicted octanol–water partition coefficient (Wildman–Crippen LogP) is 3.12. The molecule has 2 rings (SSSR count). The lowest BCUT2D eigenvalue weighted by Crippen LogP contribution is -2.49. The second kappa shape index (κ2) is 5.62. The van der Waals surface area contributed by atoms with Crippen LogP contribution in [0.15, 0.2) is 18.2 Å². The zero-order valence-corrected chi connectivity index (χ0v) is 13.0. The van der Waals surface area contributed by atoms with Gasteiger partial charge >= 0.3 is 0 Å². The van der Waals surface area contributed by atoms with Crippen LogP contribution in [0, 0.1) is 0 Å². The topological polar surface area (TPSA) is 58.4 Å². The maximum atomic E-state index is 12.4. The molecule has 1 saturated heterocycles. The second-order valence-electron chi connectivity index (χ2n) is 6.01. The van der Waals surface area contributed by atoms with Gasteiger partial charge in [-0.05, 0) is 58.4 Å². The number of carbonyl (C=O) groups is 1. The highest BCUT2D eigenvalue weighted by atomic mass is 35.5. The van der Waals surface area contributed by atoms with Crippen LogP contribution in [0.1, 0.15) is 33.6 Å². The molecule has 1 aliphatic heterocycles. The van der Waals surface area contributed by atoms with Gasteiger partial charge in [0, 0.05) is 10.6 Å². The highest BCUT2D eigenvalue weighted by molar-refractivity contribution is 6.31. The maximum Gasteiger partial charge on any atom is 0.241 e. The van der Waals surface area contributed by atoms with Gasteiger partial charge < -0.3 is 11.1 Å². The van der Waals surface area contributed by atoms with Crippen molar-refractivity contribution in [2.75, 3.05) is 17.6 Å². The number of nitrogens with zero attached hydrogens (tertiary/aromatic N) is 1. The zero-order chi connectivity index (χ0) is 14.9. The number of hydrogen-bond acceptors (Lipinski definition) is 3. The van der Waals surface area contributed by atoms with Gasteiger partial charge in [0.2, 0.25) is 5.91 Å². The molecule has 1 heterocycles. The van der Waals surface area contributed by atoms with Gasteiger partial charge in [0.15, 0.2) is 0 Å². The number of hydrogen-bond donors (Lipinski definition) is 2. The summed E-state index contributed by atoms with van der Waals surface area (Å²) in [5.41, 5.74) is 7.02. The van der Waals surface area contributed by atoms with Crippen molar-refractivity contribution in [3.8, 4) is 0 Å². The van der Waals surface area contributed by atoms with Crippen LogP contribution in [0.2, 0.25) is 5.02 Å². The van der Waals surface area contributed by atoms with Gasteiger partial charge in [0.1, 0.15) is 0 Å². The molecule has 0 bridgehead atoms. The smallest absolute Gasteiger partial charge is 0.241 e. The fourth-order valence-corrected chi connectivity index (χ4v) is 3.03. The number of amides is 1. The number of rotatable bonds is 3. The van der Waals surface area contributed by atoms with E-state index in [0.717, 1.165) is 19.4 Å². The van der Waals surface area contributed by atoms with E-state index in [4.69, 9.17) is 17.3 Å². The third kappa shape index (κ3) is 3.07. The van der Waals surface area contributed by atoms with E-state index >= 15 is 0 Å². The SMILES string of the molecule is CC(C(=O)Nc1cc(Cl)ccc1N)N1CCCC1(C)C. The maximum absolute atomic E-state index is 12.4. The molecule has 0 aromatic heterocycles. The van der Waals surface area contributed by atoms with E-state index in [1.807, 2.05) is 6.92 Å². The Morgan fingerprint density at radius 3 is 2.80 bits per heavy atom. The van der Waals surface area contributed by atoms with E-state index in [9.17, 15) is 4.79 Å². The minimum absolute atomic E-state index is 0.0473. The first-order chi connectivity index (χ1) is 9.31. The van der Waals surface area contributed by atoms with Crippen molar-refractivity contribution in [3.05, 3.63) is 23.2 Å². The van der Waals surface area contributed by atoms with E-state index in [2.05, 4.69) is 24.1 Å². The summed E-state index contributed by atoms with van der Waals surface area (Å²) in [6.07, 6.45) is 2.24. The first kappa shape index (κ1) is 15.1. The molecular formula is C15H22ClN3O. The average Bonchev–Trinajstić information content (AvgIpc) is 2.72. The van der Waals surface area contributed by atoms with E-state index < -0.39 is 0 Å². The number of halogens is 1. The van der Waals surface area contributed by atoms with Crippen LogP contribution < -0.4 is 11.1 Å². The normalized spacial score (nSPS) is 19.8. The van der Waals surface area contributed by atoms with Crippen molar-refractivity contribution in [2.24, 2.45) is 0 Å². The fourth-order valence-electron chi connectivity index (χ4n) is 2.86. The Morgan fingerprint density at radius 2 is 2.20 bits per heavy atom. The summed E-state index contributed by atoms with van der Waals surface area (Å²) in [5.74, 6) is -0.0473. The quantitative estimate of drug-likeness (QED) is 0.842. The van der Waals surface area contributed by atoms with Gasteiger partial charge in [-0.2, -0.15) is 0 Å². The summed E-state index contributed by atoms with van der Waals surface area (Å²) < 4.78 is 0. The second-order valence-corrected chi connectivity index (χ2v) is 6.44. The van der Waals surface area contributed by atoms with Gasteiger partial charge in [-0.1, -0.05) is 11.6 Å². The van der Waals surface area contributed by atoms with E-state index in [1.165, 1.54) is 0 Å². The van der Waals surface area contributed by atoms with Crippen molar-refractivity contribution < 1.29 is 4.79 Å². The van der Waals surface area contributed by atoms with Crippen LogP contribution in [0.5, 0.6) is 0 Å². The minimum Gasteiger partial charge on any atom is -0.397 e. The van der Waals surface area contributed by atoms with Crippen LogP contribution in [-0.4, -0.2) is 28.9 Å². The Bertz CT molecular complexity index is 516. The molecule has 0 aliphatic carbocycles. The van der Waals surface area contributed by atoms with Crippen LogP contribution in [-0.2, 0) is 4.79 Å². The van der Waals surface area contributed by atoms with Crippen LogP contribution >= 0.6 is 11.6 Å². The standard InChI is InChI=1S/C15H22ClN3O/c1-10(19-8-4-7-15(19,2)3)14(20)18-13-9-11(16)5-6-12(13)17/h5-6,9-10H,4,7-8,17H2,1-3H3,(H,18,20). The van der Waals surface area contributed by atoms with Gasteiger partial charge in [-0.15, -0.1) is 0 Å². The predicted molar refractivity (Wildman–Crippen MR) is 84.0 cm³/mol. The van der Waals surface area contributed by atoms with Gasteiger partial charge in [-0.25, -0.2) is 0 Å². The molecular weight excluding hydrogens is 274 g/mol. The van der Waals surface area contributed by atoms with Gasteiger partial charge in [0.05, 0.1) is 17.4 Å². The molecule has 110 valence electrons. The van der Waals surface area contributed by atoms with Crippen molar-refractivity contribution >= 4 is 28.9 Å². The molecule has 4 nitrogen and oxygen atoms in total. The Hall–Kier alpha value is -1.26. The Morgan fingerprint density at radius 1 is 1.50 bits per heavy atom. The van der Waals surface area contributed by atoms with Gasteiger partial charge in [0.25, 0.3) is 0 Å². The Kier molecular flexibility index (Phi) is 4.25. The molecule has 0 spiro atoms. The third-order valence-electron chi connectivity index (χ3n) is 4.09. The number of nitrogens with two attached hydrogens (primary N) is 1. The fraction of sp³-hybridized carbons (Fsp3) is 0.533. The highest BCUT2D eigenvalue weighted by Gasteiger charge is 2.37. The van der Waals surface area contributed by atoms with Gasteiger partial charge in [-0.3, -0.25) is 9.69 Å². The average molecular weight is 296 g/mol. The summed E-state index contributed by atoms with van der Waals surface area (Å²) >= 11 is 5.93. The van der Waals surface area contributed by atoms with Crippen LogP contribution in [0.25, 0.3) is 0 Å². The number of nitrogen functional groups attached to an aromatic ring is 1. The highest BCUT2D eigenvalue weighted by Crippen LogP contribution is 2.31. The number of likely N-dealkylation sites (tertiary alicyclic amines) is 1. The first-order valence-electron chi connectivity index (χ1n) is 6.94. The lowest BCUT2D eigenvalue weighted by molar-refractivity contribution is -0.122. The largest absolute Gasteiger partial charge is 0.397 e. The Labute approximate surface area is 125 Å². The number of anilines is 2. The summed E-state index contributed by atoms with van der Waals surface area (Å²) in [4.78, 5) is 14.6. The van der Waals surface area contributed by atoms with E-state index in [0.29, 0.717) is 16.4 Å². The summed E-state index contributed by atoms with van der Waals surface area (Å²) in [5, 5.41) is 3.43. The molecule has 0 radical (unpaired) electrons. The third-order valence-corrected chi connectivity index (χ3v) is 4.32. The molecule has 1 aromatic carbocycles. The molecule has 1 fully saturated rings. The molecule has 1 aromatic rings. The summed E-state index contributed by atoms with van der Waals surface area (Å²) in [7, 11) is 0. The molecule has 1 unspecified atom stereocenters. The minimum atomic E-state index is -0.189. The monoisotopic (exact) mass is 295 g/mol. The van der Waals surface area contributed by atoms with E-state index in [1.54, 1.807) is 18.2 Å². The number of carbonyl (C=O) groups excluding carboxylic acids is 1. The lowest BCUT2D eigenvalue weighted by atomic mass is 10.0. The van der Waals surface area contributed by atoms with Crippen molar-refractivity contribution in [3.63, 3.8) is 0 Å². The van der Waals surface area contributed by atoms with Crippen molar-refractivity contribution in [1.29, 1.82) is 0 Å². The molecule has 20 heavy (non-hydrogen) atoms. The number of nitrogens with one attached hydrogen (secondary N) is 1. The molecule has 1 atom stereocenters. The van der Waals surface area contributed by atoms with Crippen LogP contribution in [0.3, 0.4) is 0 Å². The van der Waals surface area contributed by atoms with E-state index in [-0.39, 0.29) is 17.5 Å². The Balaban J connectivity index is 2.10. The van der Waals surface area contributed by atoms with Crippen molar-refractivity contribution in [1.82, 2.24) is 4.90 Å². The molecule has 1 amide bonds. The summed E-state index contributed by atoms with van der Waals surface area (Å²) in [6, 6.07) is 4.89. The lowest BCUT2D eigenvalue weighted by Gasteiger charge is -2.35.